The van der Waals surface area contributed by atoms with Crippen molar-refractivity contribution in [3.05, 3.63) is 70.8 Å². The Bertz CT molecular complexity index is 1070. The molecule has 0 atom stereocenters. The molecule has 0 aliphatic rings. The molecule has 0 radical (unpaired) electrons. The lowest BCUT2D eigenvalue weighted by atomic mass is 9.92. The first-order chi connectivity index (χ1) is 14.1. The van der Waals surface area contributed by atoms with E-state index in [0.717, 1.165) is 17.1 Å². The number of urea groups is 1. The quantitative estimate of drug-likeness (QED) is 0.577. The van der Waals surface area contributed by atoms with Gasteiger partial charge in [0.05, 0.1) is 35.5 Å². The molecule has 0 aliphatic heterocycles. The predicted molar refractivity (Wildman–Crippen MR) is 116 cm³/mol. The zero-order chi connectivity index (χ0) is 21.9. The number of carbonyl (C=O) groups is 2. The third-order valence-corrected chi connectivity index (χ3v) is 4.54. The molecule has 8 nitrogen and oxygen atoms in total. The number of aromatic nitrogens is 3. The molecule has 0 bridgehead atoms. The molecule has 1 aromatic carbocycles. The zero-order valence-electron chi connectivity index (χ0n) is 16.9. The third-order valence-electron chi connectivity index (χ3n) is 4.31. The number of hydrogen-bond acceptors (Lipinski definition) is 4. The summed E-state index contributed by atoms with van der Waals surface area (Å²) in [7, 11) is 0. The van der Waals surface area contributed by atoms with E-state index in [1.165, 1.54) is 12.3 Å². The van der Waals surface area contributed by atoms with Crippen molar-refractivity contribution >= 4 is 29.2 Å². The van der Waals surface area contributed by atoms with E-state index in [-0.39, 0.29) is 17.7 Å². The largest absolute Gasteiger partial charge is 0.364 e. The lowest BCUT2D eigenvalue weighted by Gasteiger charge is -2.14. The molecule has 0 fully saturated rings. The average Bonchev–Trinajstić information content (AvgIpc) is 3.11. The van der Waals surface area contributed by atoms with Crippen molar-refractivity contribution in [3.63, 3.8) is 0 Å². The van der Waals surface area contributed by atoms with Crippen LogP contribution in [0.25, 0.3) is 5.69 Å². The SMILES string of the molecule is CC(C)(C)c1cc(CNC(=O)Nc2ccc(C(N)=O)nc2)n(-c2cccc(Cl)c2)n1. The van der Waals surface area contributed by atoms with Gasteiger partial charge in [0.15, 0.2) is 0 Å². The van der Waals surface area contributed by atoms with E-state index in [9.17, 15) is 9.59 Å². The second kappa shape index (κ2) is 8.54. The Morgan fingerprint density at radius 1 is 1.17 bits per heavy atom. The maximum absolute atomic E-state index is 12.3. The fourth-order valence-corrected chi connectivity index (χ4v) is 2.89. The van der Waals surface area contributed by atoms with Crippen LogP contribution < -0.4 is 16.4 Å². The molecule has 0 unspecified atom stereocenters. The van der Waals surface area contributed by atoms with Crippen LogP contribution in [-0.4, -0.2) is 26.7 Å². The number of benzene rings is 1. The van der Waals surface area contributed by atoms with Crippen LogP contribution >= 0.6 is 11.6 Å². The normalized spacial score (nSPS) is 11.2. The van der Waals surface area contributed by atoms with Crippen molar-refractivity contribution < 1.29 is 9.59 Å². The summed E-state index contributed by atoms with van der Waals surface area (Å²) in [6.07, 6.45) is 1.37. The number of pyridine rings is 1. The van der Waals surface area contributed by atoms with Gasteiger partial charge in [-0.3, -0.25) is 4.79 Å². The Labute approximate surface area is 179 Å². The number of nitrogens with zero attached hydrogens (tertiary/aromatic N) is 3. The second-order valence-electron chi connectivity index (χ2n) is 7.77. The van der Waals surface area contributed by atoms with Crippen LogP contribution in [-0.2, 0) is 12.0 Å². The van der Waals surface area contributed by atoms with Gasteiger partial charge in [0.2, 0.25) is 0 Å². The molecule has 3 aromatic rings. The molecule has 156 valence electrons. The van der Waals surface area contributed by atoms with Gasteiger partial charge in [-0.25, -0.2) is 14.5 Å². The van der Waals surface area contributed by atoms with Gasteiger partial charge in [-0.05, 0) is 36.4 Å². The molecule has 2 aromatic heterocycles. The van der Waals surface area contributed by atoms with Gasteiger partial charge in [-0.1, -0.05) is 38.4 Å². The molecule has 3 rings (SSSR count). The Balaban J connectivity index is 1.76. The van der Waals surface area contributed by atoms with Crippen molar-refractivity contribution in [1.82, 2.24) is 20.1 Å². The van der Waals surface area contributed by atoms with E-state index < -0.39 is 11.9 Å². The fourth-order valence-electron chi connectivity index (χ4n) is 2.70. The molecule has 3 amide bonds. The van der Waals surface area contributed by atoms with Crippen molar-refractivity contribution in [2.24, 2.45) is 5.73 Å². The number of carbonyl (C=O) groups excluding carboxylic acids is 2. The van der Waals surface area contributed by atoms with E-state index in [2.05, 4.69) is 36.4 Å². The highest BCUT2D eigenvalue weighted by Gasteiger charge is 2.21. The zero-order valence-corrected chi connectivity index (χ0v) is 17.7. The first-order valence-corrected chi connectivity index (χ1v) is 9.67. The van der Waals surface area contributed by atoms with Crippen LogP contribution in [0.2, 0.25) is 5.02 Å². The number of amides is 3. The van der Waals surface area contributed by atoms with Gasteiger partial charge < -0.3 is 16.4 Å². The van der Waals surface area contributed by atoms with E-state index in [1.54, 1.807) is 16.8 Å². The maximum Gasteiger partial charge on any atom is 0.319 e. The molecule has 0 saturated heterocycles. The van der Waals surface area contributed by atoms with Crippen LogP contribution in [0.4, 0.5) is 10.5 Å². The van der Waals surface area contributed by atoms with Gasteiger partial charge in [0.1, 0.15) is 5.69 Å². The summed E-state index contributed by atoms with van der Waals surface area (Å²) < 4.78 is 1.77. The minimum atomic E-state index is -0.630. The second-order valence-corrected chi connectivity index (χ2v) is 8.20. The summed E-state index contributed by atoms with van der Waals surface area (Å²) in [5, 5.41) is 10.8. The van der Waals surface area contributed by atoms with E-state index in [4.69, 9.17) is 22.4 Å². The molecule has 0 saturated carbocycles. The highest BCUT2D eigenvalue weighted by molar-refractivity contribution is 6.30. The van der Waals surface area contributed by atoms with E-state index in [0.29, 0.717) is 10.7 Å². The Hall–Kier alpha value is -3.39. The number of rotatable bonds is 5. The topological polar surface area (TPSA) is 115 Å². The van der Waals surface area contributed by atoms with Gasteiger partial charge in [0, 0.05) is 10.4 Å². The molecule has 0 aliphatic carbocycles. The summed E-state index contributed by atoms with van der Waals surface area (Å²) >= 11 is 6.14. The Morgan fingerprint density at radius 3 is 2.53 bits per heavy atom. The van der Waals surface area contributed by atoms with Gasteiger partial charge in [-0.2, -0.15) is 5.10 Å². The lowest BCUT2D eigenvalue weighted by molar-refractivity contribution is 0.0995. The monoisotopic (exact) mass is 426 g/mol. The molecular formula is C21H23ClN6O2. The number of nitrogens with one attached hydrogen (secondary N) is 2. The van der Waals surface area contributed by atoms with Crippen molar-refractivity contribution in [2.75, 3.05) is 5.32 Å². The number of hydrogen-bond donors (Lipinski definition) is 3. The highest BCUT2D eigenvalue weighted by atomic mass is 35.5. The molecule has 30 heavy (non-hydrogen) atoms. The minimum Gasteiger partial charge on any atom is -0.364 e. The van der Waals surface area contributed by atoms with Gasteiger partial charge in [0.25, 0.3) is 5.91 Å². The maximum atomic E-state index is 12.3. The molecular weight excluding hydrogens is 404 g/mol. The number of nitrogens with two attached hydrogens (primary N) is 1. The molecule has 4 N–H and O–H groups in total. The fraction of sp³-hybridized carbons (Fsp3) is 0.238. The van der Waals surface area contributed by atoms with Crippen LogP contribution in [0.15, 0.2) is 48.7 Å². The Kier molecular flexibility index (Phi) is 6.07. The highest BCUT2D eigenvalue weighted by Crippen LogP contribution is 2.24. The number of halogens is 1. The summed E-state index contributed by atoms with van der Waals surface area (Å²) in [4.78, 5) is 27.3. The summed E-state index contributed by atoms with van der Waals surface area (Å²) in [5.41, 5.74) is 8.08. The van der Waals surface area contributed by atoms with Crippen molar-refractivity contribution in [3.8, 4) is 5.69 Å². The first-order valence-electron chi connectivity index (χ1n) is 9.29. The minimum absolute atomic E-state index is 0.126. The van der Waals surface area contributed by atoms with Crippen LogP contribution in [0.1, 0.15) is 42.6 Å². The predicted octanol–water partition coefficient (Wildman–Crippen LogP) is 3.64. The smallest absolute Gasteiger partial charge is 0.319 e. The lowest BCUT2D eigenvalue weighted by Crippen LogP contribution is -2.29. The molecule has 0 spiro atoms. The summed E-state index contributed by atoms with van der Waals surface area (Å²) in [5.74, 6) is -0.630. The molecule has 9 heteroatoms. The standard InChI is InChI=1S/C21H23ClN6O2/c1-21(2,3)18-10-16(28(27-18)15-6-4-5-13(22)9-15)12-25-20(30)26-14-7-8-17(19(23)29)24-11-14/h4-11H,12H2,1-3H3,(H2,23,29)(H2,25,26,30). The van der Waals surface area contributed by atoms with Gasteiger partial charge >= 0.3 is 6.03 Å². The average molecular weight is 427 g/mol. The van der Waals surface area contributed by atoms with Gasteiger partial charge in [-0.15, -0.1) is 0 Å². The van der Waals surface area contributed by atoms with Crippen LogP contribution in [0, 0.1) is 0 Å². The number of anilines is 1. The first kappa shape index (κ1) is 21.3. The third kappa shape index (κ3) is 5.15. The van der Waals surface area contributed by atoms with Crippen LogP contribution in [0.3, 0.4) is 0 Å². The van der Waals surface area contributed by atoms with Crippen molar-refractivity contribution in [1.29, 1.82) is 0 Å². The van der Waals surface area contributed by atoms with Crippen LogP contribution in [0.5, 0.6) is 0 Å². The summed E-state index contributed by atoms with van der Waals surface area (Å²) in [6.45, 7) is 6.47. The Morgan fingerprint density at radius 2 is 1.93 bits per heavy atom. The number of primary amides is 1. The summed E-state index contributed by atoms with van der Waals surface area (Å²) in [6, 6.07) is 11.9. The van der Waals surface area contributed by atoms with Crippen molar-refractivity contribution in [2.45, 2.75) is 32.7 Å². The van der Waals surface area contributed by atoms with E-state index >= 15 is 0 Å². The molecule has 2 heterocycles. The van der Waals surface area contributed by atoms with E-state index in [1.807, 2.05) is 24.3 Å².